The van der Waals surface area contributed by atoms with Crippen molar-refractivity contribution < 1.29 is 14.3 Å². The average Bonchev–Trinajstić information content (AvgIpc) is 2.74. The zero-order valence-electron chi connectivity index (χ0n) is 20.0. The van der Waals surface area contributed by atoms with Gasteiger partial charge in [-0.3, -0.25) is 0 Å². The molecule has 31 heavy (non-hydrogen) atoms. The molecule has 1 N–H and O–H groups in total. The smallest absolute Gasteiger partial charge is 0.191 e. The summed E-state index contributed by atoms with van der Waals surface area (Å²) in [4.78, 5) is 1.17. The number of ether oxygens (including phenoxy) is 1. The molecule has 2 aromatic rings. The second-order valence-corrected chi connectivity index (χ2v) is 15.8. The van der Waals surface area contributed by atoms with Crippen molar-refractivity contribution >= 4 is 20.1 Å². The Hall–Kier alpha value is -1.11. The highest BCUT2D eigenvalue weighted by molar-refractivity contribution is 8.00. The fourth-order valence-corrected chi connectivity index (χ4v) is 5.40. The minimum atomic E-state index is -1.74. The van der Waals surface area contributed by atoms with Crippen LogP contribution >= 0.6 is 11.8 Å². The highest BCUT2D eigenvalue weighted by Crippen LogP contribution is 2.37. The van der Waals surface area contributed by atoms with Gasteiger partial charge in [-0.1, -0.05) is 69.3 Å². The van der Waals surface area contributed by atoms with Gasteiger partial charge in [-0.15, -0.1) is 11.8 Å². The van der Waals surface area contributed by atoms with Crippen LogP contribution in [0.1, 0.15) is 46.1 Å². The molecule has 3 atom stereocenters. The lowest BCUT2D eigenvalue weighted by Gasteiger charge is -2.36. The van der Waals surface area contributed by atoms with Crippen molar-refractivity contribution in [2.24, 2.45) is 0 Å². The highest BCUT2D eigenvalue weighted by atomic mass is 32.2. The highest BCUT2D eigenvalue weighted by Gasteiger charge is 2.37. The van der Waals surface area contributed by atoms with E-state index in [-0.39, 0.29) is 16.4 Å². The van der Waals surface area contributed by atoms with E-state index >= 15 is 0 Å². The zero-order chi connectivity index (χ0) is 22.9. The number of thioether (sulfide) groups is 1. The fraction of sp³-hybridized carbons (Fsp3) is 0.538. The molecule has 0 saturated heterocycles. The molecule has 0 heterocycles. The van der Waals surface area contributed by atoms with Gasteiger partial charge in [0.15, 0.2) is 8.32 Å². The first-order chi connectivity index (χ1) is 14.6. The maximum Gasteiger partial charge on any atom is 0.191 e. The Morgan fingerprint density at radius 1 is 0.968 bits per heavy atom. The number of rotatable bonds is 12. The SMILES string of the molecule is C[C@H](OCc1ccccc1)[C@@H](O)[C@@H](CCCO[Si](C)(C)C(C)(C)C)Sc1ccccc1. The van der Waals surface area contributed by atoms with Crippen LogP contribution in [0.3, 0.4) is 0 Å². The van der Waals surface area contributed by atoms with Crippen LogP contribution in [0.4, 0.5) is 0 Å². The number of hydrogen-bond acceptors (Lipinski definition) is 4. The summed E-state index contributed by atoms with van der Waals surface area (Å²) in [6.07, 6.45) is 1.01. The molecule has 0 bridgehead atoms. The lowest BCUT2D eigenvalue weighted by atomic mass is 10.1. The van der Waals surface area contributed by atoms with Gasteiger partial charge in [-0.05, 0) is 55.6 Å². The minimum Gasteiger partial charge on any atom is -0.417 e. The number of hydrogen-bond donors (Lipinski definition) is 1. The molecular formula is C26H40O3SSi. The third kappa shape index (κ3) is 8.74. The van der Waals surface area contributed by atoms with Crippen molar-refractivity contribution in [1.29, 1.82) is 0 Å². The Labute approximate surface area is 194 Å². The topological polar surface area (TPSA) is 38.7 Å². The number of aliphatic hydroxyl groups is 1. The molecule has 0 aliphatic rings. The van der Waals surface area contributed by atoms with Gasteiger partial charge in [-0.2, -0.15) is 0 Å². The summed E-state index contributed by atoms with van der Waals surface area (Å²) in [7, 11) is -1.74. The fourth-order valence-electron chi connectivity index (χ4n) is 3.00. The first kappa shape index (κ1) is 26.1. The maximum absolute atomic E-state index is 11.1. The standard InChI is InChI=1S/C26H40O3SSi/c1-21(28-20-22-14-9-7-10-15-22)25(27)24(30-23-16-11-8-12-17-23)18-13-19-29-31(5,6)26(2,3)4/h7-12,14-17,21,24-25,27H,13,18-20H2,1-6H3/t21-,24+,25+/m0/s1. The van der Waals surface area contributed by atoms with E-state index in [1.165, 1.54) is 4.90 Å². The van der Waals surface area contributed by atoms with Gasteiger partial charge in [0.05, 0.1) is 18.8 Å². The van der Waals surface area contributed by atoms with Gasteiger partial charge in [0.2, 0.25) is 0 Å². The Balaban J connectivity index is 1.95. The van der Waals surface area contributed by atoms with E-state index in [1.807, 2.05) is 55.5 Å². The predicted molar refractivity (Wildman–Crippen MR) is 135 cm³/mol. The third-order valence-electron chi connectivity index (χ3n) is 6.15. The molecule has 0 aromatic heterocycles. The lowest BCUT2D eigenvalue weighted by molar-refractivity contribution is -0.0363. The second-order valence-electron chi connectivity index (χ2n) is 9.71. The molecule has 0 aliphatic heterocycles. The molecule has 0 spiro atoms. The van der Waals surface area contributed by atoms with Crippen LogP contribution in [-0.4, -0.2) is 37.5 Å². The van der Waals surface area contributed by atoms with Crippen LogP contribution in [0.2, 0.25) is 18.1 Å². The average molecular weight is 461 g/mol. The molecule has 0 radical (unpaired) electrons. The van der Waals surface area contributed by atoms with Crippen LogP contribution in [0, 0.1) is 0 Å². The molecule has 2 aromatic carbocycles. The summed E-state index contributed by atoms with van der Waals surface area (Å²) < 4.78 is 12.4. The second kappa shape index (κ2) is 12.2. The molecule has 0 saturated carbocycles. The zero-order valence-corrected chi connectivity index (χ0v) is 21.8. The van der Waals surface area contributed by atoms with Crippen molar-refractivity contribution in [3.8, 4) is 0 Å². The van der Waals surface area contributed by atoms with Gasteiger partial charge in [0.1, 0.15) is 0 Å². The quantitative estimate of drug-likeness (QED) is 0.212. The van der Waals surface area contributed by atoms with Crippen LogP contribution in [-0.2, 0) is 15.8 Å². The maximum atomic E-state index is 11.1. The molecule has 0 unspecified atom stereocenters. The number of benzene rings is 2. The van der Waals surface area contributed by atoms with Gasteiger partial charge >= 0.3 is 0 Å². The van der Waals surface area contributed by atoms with Crippen LogP contribution in [0.15, 0.2) is 65.6 Å². The van der Waals surface area contributed by atoms with Crippen molar-refractivity contribution in [2.75, 3.05) is 6.61 Å². The summed E-state index contributed by atoms with van der Waals surface area (Å²) in [6.45, 7) is 14.6. The summed E-state index contributed by atoms with van der Waals surface area (Å²) in [5.74, 6) is 0. The summed E-state index contributed by atoms with van der Waals surface area (Å²) in [5, 5.41) is 11.4. The third-order valence-corrected chi connectivity index (χ3v) is 12.1. The van der Waals surface area contributed by atoms with E-state index in [1.54, 1.807) is 11.8 Å². The van der Waals surface area contributed by atoms with Crippen molar-refractivity contribution in [3.05, 3.63) is 66.2 Å². The van der Waals surface area contributed by atoms with E-state index in [9.17, 15) is 5.11 Å². The largest absolute Gasteiger partial charge is 0.417 e. The van der Waals surface area contributed by atoms with Crippen LogP contribution < -0.4 is 0 Å². The predicted octanol–water partition coefficient (Wildman–Crippen LogP) is 6.92. The Morgan fingerprint density at radius 2 is 1.55 bits per heavy atom. The molecule has 0 aliphatic carbocycles. The van der Waals surface area contributed by atoms with Crippen LogP contribution in [0.5, 0.6) is 0 Å². The minimum absolute atomic E-state index is 0.0520. The summed E-state index contributed by atoms with van der Waals surface area (Å²) >= 11 is 1.74. The van der Waals surface area contributed by atoms with Gasteiger partial charge in [-0.25, -0.2) is 0 Å². The molecule has 0 fully saturated rings. The molecule has 0 amide bonds. The van der Waals surface area contributed by atoms with E-state index in [0.717, 1.165) is 25.0 Å². The molecule has 5 heteroatoms. The van der Waals surface area contributed by atoms with Gasteiger partial charge < -0.3 is 14.3 Å². The van der Waals surface area contributed by atoms with E-state index in [2.05, 4.69) is 46.0 Å². The van der Waals surface area contributed by atoms with E-state index < -0.39 is 14.4 Å². The van der Waals surface area contributed by atoms with Crippen molar-refractivity contribution in [3.63, 3.8) is 0 Å². The Bertz CT molecular complexity index is 746. The summed E-state index contributed by atoms with van der Waals surface area (Å²) in [6, 6.07) is 20.4. The normalized spacial score (nSPS) is 15.5. The summed E-state index contributed by atoms with van der Waals surface area (Å²) in [5.41, 5.74) is 1.12. The monoisotopic (exact) mass is 460 g/mol. The lowest BCUT2D eigenvalue weighted by Crippen LogP contribution is -2.41. The molecular weight excluding hydrogens is 420 g/mol. The molecule has 3 nitrogen and oxygen atoms in total. The number of aliphatic hydroxyl groups excluding tert-OH is 1. The Kier molecular flexibility index (Phi) is 10.3. The van der Waals surface area contributed by atoms with Gasteiger partial charge in [0, 0.05) is 16.8 Å². The van der Waals surface area contributed by atoms with Crippen molar-refractivity contribution in [1.82, 2.24) is 0 Å². The Morgan fingerprint density at radius 3 is 2.13 bits per heavy atom. The van der Waals surface area contributed by atoms with Gasteiger partial charge in [0.25, 0.3) is 0 Å². The first-order valence-corrected chi connectivity index (χ1v) is 15.1. The van der Waals surface area contributed by atoms with Crippen LogP contribution in [0.25, 0.3) is 0 Å². The van der Waals surface area contributed by atoms with E-state index in [4.69, 9.17) is 9.16 Å². The van der Waals surface area contributed by atoms with E-state index in [0.29, 0.717) is 6.61 Å². The molecule has 2 rings (SSSR count). The molecule has 172 valence electrons. The van der Waals surface area contributed by atoms with Crippen molar-refractivity contribution in [2.45, 2.75) is 87.6 Å². The first-order valence-electron chi connectivity index (χ1n) is 11.3.